The number of anilines is 1. The van der Waals surface area contributed by atoms with E-state index in [1.165, 1.54) is 25.0 Å². The van der Waals surface area contributed by atoms with E-state index in [9.17, 15) is 22.8 Å². The second-order valence-corrected chi connectivity index (χ2v) is 8.07. The van der Waals surface area contributed by atoms with Gasteiger partial charge in [0.2, 0.25) is 0 Å². The van der Waals surface area contributed by atoms with Gasteiger partial charge in [0, 0.05) is 18.7 Å². The molecule has 1 N–H and O–H groups in total. The fourth-order valence-electron chi connectivity index (χ4n) is 3.59. The summed E-state index contributed by atoms with van der Waals surface area (Å²) in [5.74, 6) is -0.812. The number of methoxy groups -OCH3 is 2. The Hall–Kier alpha value is -3.66. The van der Waals surface area contributed by atoms with Crippen molar-refractivity contribution in [1.82, 2.24) is 9.78 Å². The highest BCUT2D eigenvalue weighted by Crippen LogP contribution is 2.34. The molecule has 35 heavy (non-hydrogen) atoms. The van der Waals surface area contributed by atoms with Crippen LogP contribution in [0.3, 0.4) is 0 Å². The maximum Gasteiger partial charge on any atom is 0.416 e. The number of nitrogens with one attached hydrogen (secondary N) is 1. The van der Waals surface area contributed by atoms with E-state index in [1.807, 2.05) is 32.0 Å². The summed E-state index contributed by atoms with van der Waals surface area (Å²) in [4.78, 5) is 25.8. The molecule has 3 rings (SSSR count). The van der Waals surface area contributed by atoms with Crippen LogP contribution in [-0.4, -0.2) is 36.5 Å². The number of hydrogen-bond donors (Lipinski definition) is 1. The second kappa shape index (κ2) is 10.7. The van der Waals surface area contributed by atoms with Crippen LogP contribution in [0, 0.1) is 0 Å². The van der Waals surface area contributed by atoms with Crippen LogP contribution < -0.4 is 15.6 Å². The van der Waals surface area contributed by atoms with Crippen molar-refractivity contribution in [2.24, 2.45) is 0 Å². The molecule has 1 aromatic heterocycles. The van der Waals surface area contributed by atoms with Crippen molar-refractivity contribution in [3.8, 4) is 17.0 Å². The fourth-order valence-corrected chi connectivity index (χ4v) is 3.59. The first-order valence-electron chi connectivity index (χ1n) is 10.8. The predicted octanol–water partition coefficient (Wildman–Crippen LogP) is 4.96. The minimum absolute atomic E-state index is 0.0407. The van der Waals surface area contributed by atoms with Crippen molar-refractivity contribution in [2.75, 3.05) is 26.1 Å². The molecular weight excluding hydrogens is 463 g/mol. The number of hydrogen-bond acceptors (Lipinski definition) is 5. The van der Waals surface area contributed by atoms with Gasteiger partial charge < -0.3 is 14.8 Å². The van der Waals surface area contributed by atoms with E-state index in [-0.39, 0.29) is 36.1 Å². The van der Waals surface area contributed by atoms with Crippen molar-refractivity contribution in [3.63, 3.8) is 0 Å². The van der Waals surface area contributed by atoms with Gasteiger partial charge in [0.15, 0.2) is 0 Å². The summed E-state index contributed by atoms with van der Waals surface area (Å²) in [7, 11) is 2.75. The highest BCUT2D eigenvalue weighted by atomic mass is 19.4. The lowest BCUT2D eigenvalue weighted by atomic mass is 9.94. The lowest BCUT2D eigenvalue weighted by molar-refractivity contribution is -0.137. The van der Waals surface area contributed by atoms with E-state index in [2.05, 4.69) is 10.4 Å². The van der Waals surface area contributed by atoms with Crippen molar-refractivity contribution >= 4 is 11.6 Å². The summed E-state index contributed by atoms with van der Waals surface area (Å²) in [5, 5.41) is 7.04. The van der Waals surface area contributed by atoms with Crippen molar-refractivity contribution < 1.29 is 27.4 Å². The predicted molar refractivity (Wildman–Crippen MR) is 126 cm³/mol. The molecule has 0 unspecified atom stereocenters. The molecule has 10 heteroatoms. The zero-order valence-corrected chi connectivity index (χ0v) is 19.8. The summed E-state index contributed by atoms with van der Waals surface area (Å²) in [6, 6.07) is 11.2. The highest BCUT2D eigenvalue weighted by Gasteiger charge is 2.32. The van der Waals surface area contributed by atoms with Gasteiger partial charge in [0.1, 0.15) is 11.4 Å². The quantitative estimate of drug-likeness (QED) is 0.484. The molecule has 0 spiro atoms. The molecule has 186 valence electrons. The average Bonchev–Trinajstić information content (AvgIpc) is 2.82. The lowest BCUT2D eigenvalue weighted by Crippen LogP contribution is -2.27. The Bertz CT molecular complexity index is 1270. The van der Waals surface area contributed by atoms with E-state index in [1.54, 1.807) is 6.07 Å². The summed E-state index contributed by atoms with van der Waals surface area (Å²) in [6.07, 6.45) is -4.65. The molecule has 1 amide bonds. The minimum atomic E-state index is -4.65. The summed E-state index contributed by atoms with van der Waals surface area (Å²) in [6.45, 7) is 4.41. The van der Waals surface area contributed by atoms with Crippen molar-refractivity contribution in [3.05, 3.63) is 75.6 Å². The topological polar surface area (TPSA) is 82.4 Å². The van der Waals surface area contributed by atoms with Gasteiger partial charge in [-0.2, -0.15) is 18.3 Å². The Morgan fingerprint density at radius 2 is 1.83 bits per heavy atom. The van der Waals surface area contributed by atoms with E-state index in [0.717, 1.165) is 17.7 Å². The van der Waals surface area contributed by atoms with Gasteiger partial charge in [-0.25, -0.2) is 4.68 Å². The first kappa shape index (κ1) is 26.0. The highest BCUT2D eigenvalue weighted by molar-refractivity contribution is 6.07. The van der Waals surface area contributed by atoms with Gasteiger partial charge in [0.25, 0.3) is 11.5 Å². The first-order chi connectivity index (χ1) is 16.6. The van der Waals surface area contributed by atoms with E-state index in [4.69, 9.17) is 9.47 Å². The number of ether oxygens (including phenoxy) is 2. The smallest absolute Gasteiger partial charge is 0.416 e. The lowest BCUT2D eigenvalue weighted by Gasteiger charge is -2.18. The van der Waals surface area contributed by atoms with Crippen LogP contribution in [0.25, 0.3) is 11.3 Å². The van der Waals surface area contributed by atoms with Gasteiger partial charge in [-0.05, 0) is 29.7 Å². The number of carbonyl (C=O) groups excluding carboxylic acids is 1. The summed E-state index contributed by atoms with van der Waals surface area (Å²) >= 11 is 0. The van der Waals surface area contributed by atoms with Gasteiger partial charge in [-0.3, -0.25) is 9.59 Å². The molecule has 0 fully saturated rings. The molecule has 3 aromatic rings. The molecule has 7 nitrogen and oxygen atoms in total. The monoisotopic (exact) mass is 489 g/mol. The molecule has 0 aliphatic heterocycles. The Balaban J connectivity index is 2.14. The SMILES string of the molecule is COCCn1nc(-c2ccccc2C(C)C)c(NC(=O)c2cc(C(F)(F)F)ccc2OC)cc1=O. The minimum Gasteiger partial charge on any atom is -0.496 e. The zero-order chi connectivity index (χ0) is 25.8. The summed E-state index contributed by atoms with van der Waals surface area (Å²) in [5.41, 5.74) is 0.157. The van der Waals surface area contributed by atoms with Crippen LogP contribution in [0.15, 0.2) is 53.3 Å². The molecule has 0 aliphatic rings. The van der Waals surface area contributed by atoms with Gasteiger partial charge in [-0.1, -0.05) is 38.1 Å². The van der Waals surface area contributed by atoms with Crippen LogP contribution in [0.1, 0.15) is 41.3 Å². The Morgan fingerprint density at radius 1 is 1.11 bits per heavy atom. The number of amides is 1. The number of rotatable bonds is 8. The van der Waals surface area contributed by atoms with Gasteiger partial charge in [-0.15, -0.1) is 0 Å². The molecule has 0 aliphatic carbocycles. The zero-order valence-electron chi connectivity index (χ0n) is 19.8. The third-order valence-corrected chi connectivity index (χ3v) is 5.36. The third kappa shape index (κ3) is 5.89. The molecule has 0 saturated heterocycles. The van der Waals surface area contributed by atoms with Crippen molar-refractivity contribution in [2.45, 2.75) is 32.5 Å². The average molecular weight is 489 g/mol. The Labute approximate surface area is 200 Å². The number of nitrogens with zero attached hydrogens (tertiary/aromatic N) is 2. The molecule has 2 aromatic carbocycles. The number of carbonyl (C=O) groups is 1. The van der Waals surface area contributed by atoms with E-state index >= 15 is 0 Å². The largest absolute Gasteiger partial charge is 0.496 e. The number of aromatic nitrogens is 2. The van der Waals surface area contributed by atoms with Crippen LogP contribution >= 0.6 is 0 Å². The standard InChI is InChI=1S/C25H26F3N3O4/c1-15(2)17-7-5-6-8-18(17)23-20(14-22(32)31(30-23)11-12-34-3)29-24(33)19-13-16(25(26,27)28)9-10-21(19)35-4/h5-10,13-15H,11-12H2,1-4H3,(H,29,33). The molecular formula is C25H26F3N3O4. The number of halogens is 3. The second-order valence-electron chi connectivity index (χ2n) is 8.07. The van der Waals surface area contributed by atoms with Crippen LogP contribution in [0.4, 0.5) is 18.9 Å². The van der Waals surface area contributed by atoms with Crippen molar-refractivity contribution in [1.29, 1.82) is 0 Å². The normalized spacial score (nSPS) is 11.5. The Kier molecular flexibility index (Phi) is 7.96. The van der Waals surface area contributed by atoms with Crippen LogP contribution in [0.2, 0.25) is 0 Å². The molecule has 0 radical (unpaired) electrons. The maximum absolute atomic E-state index is 13.3. The molecule has 0 saturated carbocycles. The molecule has 0 atom stereocenters. The summed E-state index contributed by atoms with van der Waals surface area (Å²) < 4.78 is 51.2. The molecule has 1 heterocycles. The van der Waals surface area contributed by atoms with Gasteiger partial charge in [0.05, 0.1) is 37.1 Å². The maximum atomic E-state index is 13.3. The van der Waals surface area contributed by atoms with Crippen LogP contribution in [-0.2, 0) is 17.5 Å². The van der Waals surface area contributed by atoms with E-state index in [0.29, 0.717) is 17.3 Å². The molecule has 0 bridgehead atoms. The Morgan fingerprint density at radius 3 is 2.46 bits per heavy atom. The third-order valence-electron chi connectivity index (χ3n) is 5.36. The first-order valence-corrected chi connectivity index (χ1v) is 10.8. The number of alkyl halides is 3. The van der Waals surface area contributed by atoms with Gasteiger partial charge >= 0.3 is 6.18 Å². The van der Waals surface area contributed by atoms with E-state index < -0.39 is 23.2 Å². The number of benzene rings is 2. The van der Waals surface area contributed by atoms with Crippen LogP contribution in [0.5, 0.6) is 5.75 Å². The fraction of sp³-hybridized carbons (Fsp3) is 0.320.